The molecule has 1 aromatic heterocycles. The summed E-state index contributed by atoms with van der Waals surface area (Å²) in [6, 6.07) is 2.13. The van der Waals surface area contributed by atoms with E-state index in [-0.39, 0.29) is 17.4 Å². The molecule has 1 fully saturated rings. The zero-order valence-electron chi connectivity index (χ0n) is 14.0. The van der Waals surface area contributed by atoms with Crippen LogP contribution in [0.3, 0.4) is 0 Å². The second-order valence-corrected chi connectivity index (χ2v) is 7.69. The van der Waals surface area contributed by atoms with Crippen LogP contribution in [-0.2, 0) is 0 Å². The van der Waals surface area contributed by atoms with Gasteiger partial charge in [0.1, 0.15) is 0 Å². The van der Waals surface area contributed by atoms with Crippen LogP contribution in [0.25, 0.3) is 11.6 Å². The molecule has 0 bridgehead atoms. The van der Waals surface area contributed by atoms with Crippen molar-refractivity contribution in [2.45, 2.75) is 33.2 Å². The largest absolute Gasteiger partial charge is 0.465 e. The van der Waals surface area contributed by atoms with Crippen LogP contribution in [0.4, 0.5) is 4.79 Å². The van der Waals surface area contributed by atoms with E-state index in [1.54, 1.807) is 17.2 Å². The highest BCUT2D eigenvalue weighted by Crippen LogP contribution is 2.49. The molecule has 2 aliphatic rings. The van der Waals surface area contributed by atoms with Gasteiger partial charge >= 0.3 is 6.09 Å². The zero-order chi connectivity index (χ0) is 16.8. The Morgan fingerprint density at radius 1 is 1.43 bits per heavy atom. The second kappa shape index (κ2) is 5.52. The van der Waals surface area contributed by atoms with E-state index < -0.39 is 6.09 Å². The molecule has 3 atom stereocenters. The molecule has 4 heteroatoms. The number of nitrogens with zero attached hydrogens (tertiary/aromatic N) is 2. The van der Waals surface area contributed by atoms with E-state index in [0.29, 0.717) is 12.5 Å². The molecule has 2 heterocycles. The Bertz CT molecular complexity index is 672. The van der Waals surface area contributed by atoms with Crippen LogP contribution in [0.15, 0.2) is 31.1 Å². The summed E-state index contributed by atoms with van der Waals surface area (Å²) in [5.41, 5.74) is 3.35. The minimum atomic E-state index is -0.801. The number of rotatable bonds is 2. The van der Waals surface area contributed by atoms with Crippen molar-refractivity contribution in [2.75, 3.05) is 6.54 Å². The summed E-state index contributed by atoms with van der Waals surface area (Å²) in [7, 11) is 0. The number of pyridine rings is 1. The van der Waals surface area contributed by atoms with Gasteiger partial charge in [0.15, 0.2) is 0 Å². The van der Waals surface area contributed by atoms with Crippen molar-refractivity contribution < 1.29 is 9.90 Å². The smallest absolute Gasteiger partial charge is 0.407 e. The average molecular weight is 312 g/mol. The molecular weight excluding hydrogens is 288 g/mol. The first-order chi connectivity index (χ1) is 10.8. The van der Waals surface area contributed by atoms with Crippen molar-refractivity contribution in [1.82, 2.24) is 9.88 Å². The first-order valence-corrected chi connectivity index (χ1v) is 8.09. The summed E-state index contributed by atoms with van der Waals surface area (Å²) >= 11 is 0. The maximum absolute atomic E-state index is 11.6. The van der Waals surface area contributed by atoms with Crippen LogP contribution in [0.5, 0.6) is 0 Å². The lowest BCUT2D eigenvalue weighted by molar-refractivity contribution is 0.0978. The average Bonchev–Trinajstić information content (AvgIpc) is 3.03. The number of amides is 1. The maximum atomic E-state index is 11.6. The number of likely N-dealkylation sites (tertiary alicyclic amines) is 1. The molecule has 3 unspecified atom stereocenters. The standard InChI is InChI=1S/C19H24N2O2/c1-5-12-6-14(10-20-9-12)13-7-15-11-21(18(22)23)17(16(15)8-13)19(2,3)4/h5-6,8-10,15-17H,1,7,11H2,2-4H3,(H,22,23). The van der Waals surface area contributed by atoms with E-state index in [1.165, 1.54) is 5.57 Å². The first kappa shape index (κ1) is 15.8. The Kier molecular flexibility index (Phi) is 3.78. The van der Waals surface area contributed by atoms with Gasteiger partial charge in [-0.3, -0.25) is 4.98 Å². The summed E-state index contributed by atoms with van der Waals surface area (Å²) in [5.74, 6) is 0.659. The highest BCUT2D eigenvalue weighted by molar-refractivity contribution is 5.72. The summed E-state index contributed by atoms with van der Waals surface area (Å²) < 4.78 is 0. The molecule has 1 saturated heterocycles. The summed E-state index contributed by atoms with van der Waals surface area (Å²) in [4.78, 5) is 17.5. The zero-order valence-corrected chi connectivity index (χ0v) is 14.0. The molecule has 0 spiro atoms. The van der Waals surface area contributed by atoms with Crippen molar-refractivity contribution in [1.29, 1.82) is 0 Å². The second-order valence-electron chi connectivity index (χ2n) is 7.69. The van der Waals surface area contributed by atoms with E-state index in [2.05, 4.69) is 44.5 Å². The lowest BCUT2D eigenvalue weighted by Crippen LogP contribution is -2.45. The SMILES string of the molecule is C=Cc1cncc(C2=CC3C(C2)CN(C(=O)O)C3C(C)(C)C)c1. The van der Waals surface area contributed by atoms with E-state index >= 15 is 0 Å². The van der Waals surface area contributed by atoms with Gasteiger partial charge in [0, 0.05) is 30.9 Å². The molecule has 0 radical (unpaired) electrons. The fraction of sp³-hybridized carbons (Fsp3) is 0.474. The third-order valence-electron chi connectivity index (χ3n) is 5.05. The number of carboxylic acid groups (broad SMARTS) is 1. The number of allylic oxidation sites excluding steroid dienone is 1. The van der Waals surface area contributed by atoms with Crippen LogP contribution in [0.1, 0.15) is 38.3 Å². The van der Waals surface area contributed by atoms with Crippen molar-refractivity contribution in [2.24, 2.45) is 17.3 Å². The molecule has 3 rings (SSSR count). The van der Waals surface area contributed by atoms with Crippen molar-refractivity contribution >= 4 is 17.7 Å². The van der Waals surface area contributed by atoms with Crippen LogP contribution < -0.4 is 0 Å². The van der Waals surface area contributed by atoms with Gasteiger partial charge in [-0.1, -0.05) is 39.5 Å². The predicted molar refractivity (Wildman–Crippen MR) is 91.9 cm³/mol. The van der Waals surface area contributed by atoms with Gasteiger partial charge in [-0.25, -0.2) is 4.79 Å². The monoisotopic (exact) mass is 312 g/mol. The lowest BCUT2D eigenvalue weighted by atomic mass is 9.78. The van der Waals surface area contributed by atoms with Crippen LogP contribution in [-0.4, -0.2) is 33.7 Å². The molecule has 23 heavy (non-hydrogen) atoms. The Morgan fingerprint density at radius 3 is 2.78 bits per heavy atom. The third-order valence-corrected chi connectivity index (χ3v) is 5.05. The highest BCUT2D eigenvalue weighted by atomic mass is 16.4. The van der Waals surface area contributed by atoms with Gasteiger partial charge < -0.3 is 10.0 Å². The maximum Gasteiger partial charge on any atom is 0.407 e. The molecule has 1 aliphatic heterocycles. The number of fused-ring (bicyclic) bond motifs is 1. The first-order valence-electron chi connectivity index (χ1n) is 8.09. The molecule has 4 nitrogen and oxygen atoms in total. The minimum Gasteiger partial charge on any atom is -0.465 e. The van der Waals surface area contributed by atoms with Crippen LogP contribution >= 0.6 is 0 Å². The highest BCUT2D eigenvalue weighted by Gasteiger charge is 2.50. The van der Waals surface area contributed by atoms with Crippen molar-refractivity contribution in [3.05, 3.63) is 42.2 Å². The lowest BCUT2D eigenvalue weighted by Gasteiger charge is -2.36. The Hall–Kier alpha value is -2.10. The third kappa shape index (κ3) is 2.78. The van der Waals surface area contributed by atoms with E-state index in [4.69, 9.17) is 0 Å². The molecule has 1 aliphatic carbocycles. The van der Waals surface area contributed by atoms with E-state index in [9.17, 15) is 9.90 Å². The van der Waals surface area contributed by atoms with Gasteiger partial charge in [0.05, 0.1) is 0 Å². The van der Waals surface area contributed by atoms with Crippen molar-refractivity contribution in [3.8, 4) is 0 Å². The fourth-order valence-corrected chi connectivity index (χ4v) is 4.17. The van der Waals surface area contributed by atoms with E-state index in [1.807, 2.05) is 6.20 Å². The van der Waals surface area contributed by atoms with Crippen molar-refractivity contribution in [3.63, 3.8) is 0 Å². The van der Waals surface area contributed by atoms with Gasteiger partial charge in [-0.15, -0.1) is 0 Å². The molecule has 1 amide bonds. The Balaban J connectivity index is 1.94. The molecule has 122 valence electrons. The number of carbonyl (C=O) groups is 1. The molecule has 0 aromatic carbocycles. The quantitative estimate of drug-likeness (QED) is 0.892. The van der Waals surface area contributed by atoms with Gasteiger partial charge in [0.25, 0.3) is 0 Å². The predicted octanol–water partition coefficient (Wildman–Crippen LogP) is 4.15. The van der Waals surface area contributed by atoms with Crippen LogP contribution in [0, 0.1) is 17.3 Å². The van der Waals surface area contributed by atoms with Gasteiger partial charge in [0.2, 0.25) is 0 Å². The summed E-state index contributed by atoms with van der Waals surface area (Å²) in [6.45, 7) is 10.8. The number of hydrogen-bond donors (Lipinski definition) is 1. The normalized spacial score (nSPS) is 26.8. The minimum absolute atomic E-state index is 0.0260. The summed E-state index contributed by atoms with van der Waals surface area (Å²) in [5, 5.41) is 9.54. The molecule has 0 saturated carbocycles. The molecular formula is C19H24N2O2. The van der Waals surface area contributed by atoms with Crippen LogP contribution in [0.2, 0.25) is 0 Å². The summed E-state index contributed by atoms with van der Waals surface area (Å²) in [6.07, 6.45) is 7.90. The topological polar surface area (TPSA) is 53.4 Å². The van der Waals surface area contributed by atoms with Gasteiger partial charge in [-0.2, -0.15) is 0 Å². The fourth-order valence-electron chi connectivity index (χ4n) is 4.17. The number of hydrogen-bond acceptors (Lipinski definition) is 2. The Labute approximate surface area is 137 Å². The van der Waals surface area contributed by atoms with Gasteiger partial charge in [-0.05, 0) is 40.5 Å². The molecule has 1 N–H and O–H groups in total. The Morgan fingerprint density at radius 2 is 2.17 bits per heavy atom. The van der Waals surface area contributed by atoms with E-state index in [0.717, 1.165) is 17.5 Å². The number of aromatic nitrogens is 1. The molecule has 1 aromatic rings.